The van der Waals surface area contributed by atoms with Crippen LogP contribution in [0.3, 0.4) is 0 Å². The monoisotopic (exact) mass is 299 g/mol. The van der Waals surface area contributed by atoms with Crippen molar-refractivity contribution in [3.8, 4) is 5.75 Å². The Labute approximate surface area is 119 Å². The first-order valence-corrected chi connectivity index (χ1v) is 6.20. The zero-order chi connectivity index (χ0) is 15.6. The number of benzene rings is 2. The third kappa shape index (κ3) is 3.45. The summed E-state index contributed by atoms with van der Waals surface area (Å²) in [6.07, 6.45) is -4.75. The summed E-state index contributed by atoms with van der Waals surface area (Å²) < 4.78 is 51.1. The normalized spacial score (nSPS) is 13.0. The number of halogens is 4. The predicted octanol–water partition coefficient (Wildman–Crippen LogP) is 4.72. The molecular formula is C15H13F4NO. The molecular weight excluding hydrogens is 286 g/mol. The molecule has 112 valence electrons. The van der Waals surface area contributed by atoms with E-state index in [2.05, 4.69) is 5.32 Å². The average molecular weight is 299 g/mol. The van der Waals surface area contributed by atoms with E-state index in [1.165, 1.54) is 12.1 Å². The van der Waals surface area contributed by atoms with Gasteiger partial charge in [0, 0.05) is 11.3 Å². The number of anilines is 1. The number of hydrogen-bond donors (Lipinski definition) is 2. The predicted molar refractivity (Wildman–Crippen MR) is 71.5 cm³/mol. The molecule has 0 fully saturated rings. The molecule has 0 amide bonds. The highest BCUT2D eigenvalue weighted by Gasteiger charge is 2.34. The Morgan fingerprint density at radius 3 is 2.38 bits per heavy atom. The van der Waals surface area contributed by atoms with Crippen LogP contribution in [0.2, 0.25) is 0 Å². The van der Waals surface area contributed by atoms with E-state index in [1.54, 1.807) is 25.1 Å². The van der Waals surface area contributed by atoms with Gasteiger partial charge in [0.05, 0.1) is 11.6 Å². The minimum absolute atomic E-state index is 0.0376. The topological polar surface area (TPSA) is 32.3 Å². The second-order valence-corrected chi connectivity index (χ2v) is 4.62. The molecule has 0 heterocycles. The molecule has 1 unspecified atom stereocenters. The van der Waals surface area contributed by atoms with Crippen LogP contribution in [0.15, 0.2) is 42.5 Å². The summed E-state index contributed by atoms with van der Waals surface area (Å²) in [7, 11) is 0. The molecule has 2 rings (SSSR count). The minimum Gasteiger partial charge on any atom is -0.508 e. The van der Waals surface area contributed by atoms with Gasteiger partial charge in [-0.2, -0.15) is 13.2 Å². The van der Waals surface area contributed by atoms with E-state index >= 15 is 0 Å². The number of para-hydroxylation sites is 1. The van der Waals surface area contributed by atoms with Crippen LogP contribution in [0, 0.1) is 5.82 Å². The summed E-state index contributed by atoms with van der Waals surface area (Å²) in [6.45, 7) is 1.69. The fourth-order valence-corrected chi connectivity index (χ4v) is 2.01. The zero-order valence-electron chi connectivity index (χ0n) is 11.1. The summed E-state index contributed by atoms with van der Waals surface area (Å²) in [5, 5.41) is 12.5. The molecule has 0 bridgehead atoms. The lowest BCUT2D eigenvalue weighted by molar-refractivity contribution is -0.139. The van der Waals surface area contributed by atoms with Gasteiger partial charge >= 0.3 is 6.18 Å². The molecule has 0 saturated carbocycles. The lowest BCUT2D eigenvalue weighted by Crippen LogP contribution is -2.11. The smallest absolute Gasteiger partial charge is 0.419 e. The van der Waals surface area contributed by atoms with Gasteiger partial charge in [-0.15, -0.1) is 0 Å². The van der Waals surface area contributed by atoms with Crippen LogP contribution in [0.5, 0.6) is 5.75 Å². The summed E-state index contributed by atoms with van der Waals surface area (Å²) >= 11 is 0. The fraction of sp³-hybridized carbons (Fsp3) is 0.200. The Balaban J connectivity index is 2.26. The summed E-state index contributed by atoms with van der Waals surface area (Å²) in [5.74, 6) is -1.28. The first-order valence-electron chi connectivity index (χ1n) is 6.20. The highest BCUT2D eigenvalue weighted by molar-refractivity contribution is 5.50. The maximum absolute atomic E-state index is 13.2. The molecule has 0 spiro atoms. The molecule has 2 aromatic carbocycles. The molecule has 0 aromatic heterocycles. The van der Waals surface area contributed by atoms with Gasteiger partial charge in [0.15, 0.2) is 0 Å². The van der Waals surface area contributed by atoms with Gasteiger partial charge in [-0.1, -0.05) is 18.2 Å². The highest BCUT2D eigenvalue weighted by Crippen LogP contribution is 2.34. The molecule has 2 nitrogen and oxygen atoms in total. The van der Waals surface area contributed by atoms with Gasteiger partial charge in [0.25, 0.3) is 0 Å². The first-order chi connectivity index (χ1) is 9.79. The number of hydrogen-bond acceptors (Lipinski definition) is 2. The van der Waals surface area contributed by atoms with Crippen LogP contribution < -0.4 is 5.32 Å². The first kappa shape index (κ1) is 15.2. The van der Waals surface area contributed by atoms with Crippen molar-refractivity contribution < 1.29 is 22.7 Å². The van der Waals surface area contributed by atoms with E-state index in [0.717, 1.165) is 6.07 Å². The average Bonchev–Trinajstić information content (AvgIpc) is 2.40. The van der Waals surface area contributed by atoms with Crippen molar-refractivity contribution in [2.45, 2.75) is 19.1 Å². The Hall–Kier alpha value is -2.24. The van der Waals surface area contributed by atoms with Gasteiger partial charge in [0.1, 0.15) is 11.6 Å². The van der Waals surface area contributed by atoms with Crippen LogP contribution in [-0.4, -0.2) is 5.11 Å². The van der Waals surface area contributed by atoms with Crippen LogP contribution in [0.1, 0.15) is 24.1 Å². The number of phenols is 1. The largest absolute Gasteiger partial charge is 0.508 e. The molecule has 0 aliphatic carbocycles. The molecule has 6 heteroatoms. The Bertz CT molecular complexity index is 640. The fourth-order valence-electron chi connectivity index (χ4n) is 2.01. The van der Waals surface area contributed by atoms with Crippen molar-refractivity contribution in [1.82, 2.24) is 0 Å². The minimum atomic E-state index is -4.75. The second-order valence-electron chi connectivity index (χ2n) is 4.62. The number of phenolic OH excluding ortho intramolecular Hbond substituents is 1. The second kappa shape index (κ2) is 5.63. The Morgan fingerprint density at radius 2 is 1.76 bits per heavy atom. The molecule has 1 atom stereocenters. The maximum Gasteiger partial charge on any atom is 0.419 e. The van der Waals surface area contributed by atoms with E-state index < -0.39 is 23.6 Å². The number of aromatic hydroxyl groups is 1. The quantitative estimate of drug-likeness (QED) is 0.803. The third-order valence-electron chi connectivity index (χ3n) is 3.06. The molecule has 2 N–H and O–H groups in total. The molecule has 2 aromatic rings. The van der Waals surface area contributed by atoms with Crippen LogP contribution in [0.4, 0.5) is 23.2 Å². The van der Waals surface area contributed by atoms with Crippen molar-refractivity contribution in [2.75, 3.05) is 5.32 Å². The van der Waals surface area contributed by atoms with Gasteiger partial charge in [-0.25, -0.2) is 4.39 Å². The van der Waals surface area contributed by atoms with E-state index in [1.807, 2.05) is 0 Å². The van der Waals surface area contributed by atoms with Crippen molar-refractivity contribution in [3.05, 3.63) is 59.4 Å². The van der Waals surface area contributed by atoms with Crippen LogP contribution >= 0.6 is 0 Å². The van der Waals surface area contributed by atoms with Crippen molar-refractivity contribution >= 4 is 5.69 Å². The Kier molecular flexibility index (Phi) is 4.06. The van der Waals surface area contributed by atoms with Gasteiger partial charge in [-0.05, 0) is 31.2 Å². The lowest BCUT2D eigenvalue weighted by Gasteiger charge is -2.18. The lowest BCUT2D eigenvalue weighted by atomic mass is 10.1. The summed E-state index contributed by atoms with van der Waals surface area (Å²) in [6, 6.07) is 8.76. The summed E-state index contributed by atoms with van der Waals surface area (Å²) in [4.78, 5) is 0. The highest BCUT2D eigenvalue weighted by atomic mass is 19.4. The van der Waals surface area contributed by atoms with Crippen molar-refractivity contribution in [3.63, 3.8) is 0 Å². The maximum atomic E-state index is 13.2. The molecule has 0 aliphatic heterocycles. The number of rotatable bonds is 3. The SMILES string of the molecule is CC(Nc1ccc(F)c(C(F)(F)F)c1)c1ccccc1O. The van der Waals surface area contributed by atoms with Gasteiger partial charge < -0.3 is 10.4 Å². The standard InChI is InChI=1S/C15H13F4NO/c1-9(11-4-2-3-5-14(11)21)20-10-6-7-13(16)12(8-10)15(17,18)19/h2-9,20-21H,1H3. The number of nitrogens with one attached hydrogen (secondary N) is 1. The van der Waals surface area contributed by atoms with Crippen molar-refractivity contribution in [2.24, 2.45) is 0 Å². The molecule has 0 radical (unpaired) electrons. The molecule has 21 heavy (non-hydrogen) atoms. The third-order valence-corrected chi connectivity index (χ3v) is 3.06. The molecule has 0 saturated heterocycles. The molecule has 0 aliphatic rings. The van der Waals surface area contributed by atoms with Gasteiger partial charge in [0.2, 0.25) is 0 Å². The van der Waals surface area contributed by atoms with E-state index in [4.69, 9.17) is 0 Å². The van der Waals surface area contributed by atoms with E-state index in [0.29, 0.717) is 11.6 Å². The van der Waals surface area contributed by atoms with Crippen LogP contribution in [-0.2, 0) is 6.18 Å². The Morgan fingerprint density at radius 1 is 1.10 bits per heavy atom. The number of alkyl halides is 3. The van der Waals surface area contributed by atoms with Gasteiger partial charge in [-0.3, -0.25) is 0 Å². The van der Waals surface area contributed by atoms with E-state index in [-0.39, 0.29) is 11.4 Å². The van der Waals surface area contributed by atoms with E-state index in [9.17, 15) is 22.7 Å². The van der Waals surface area contributed by atoms with Crippen molar-refractivity contribution in [1.29, 1.82) is 0 Å². The van der Waals surface area contributed by atoms with Crippen LogP contribution in [0.25, 0.3) is 0 Å². The summed E-state index contributed by atoms with van der Waals surface area (Å²) in [5.41, 5.74) is -0.660. The zero-order valence-corrected chi connectivity index (χ0v) is 11.1.